The van der Waals surface area contributed by atoms with Crippen molar-refractivity contribution in [2.24, 2.45) is 0 Å². The van der Waals surface area contributed by atoms with E-state index in [1.54, 1.807) is 0 Å². The number of ketones is 1. The van der Waals surface area contributed by atoms with E-state index in [-0.39, 0.29) is 58.6 Å². The summed E-state index contributed by atoms with van der Waals surface area (Å²) in [6, 6.07) is 4.18. The van der Waals surface area contributed by atoms with E-state index in [1.807, 2.05) is 0 Å². The third kappa shape index (κ3) is 3.77. The number of aliphatic hydroxyl groups excluding tert-OH is 1. The molecule has 138 valence electrons. The van der Waals surface area contributed by atoms with Crippen molar-refractivity contribution in [1.82, 2.24) is 0 Å². The Balaban J connectivity index is 0.00000261. The Kier molecular flexibility index (Phi) is 6.10. The Labute approximate surface area is 175 Å². The van der Waals surface area contributed by atoms with Gasteiger partial charge in [-0.25, -0.2) is 8.42 Å². The average Bonchev–Trinajstić information content (AvgIpc) is 2.55. The van der Waals surface area contributed by atoms with Crippen molar-refractivity contribution in [3.05, 3.63) is 41.0 Å². The van der Waals surface area contributed by atoms with E-state index in [4.69, 9.17) is 4.74 Å². The largest absolute Gasteiger partial charge is 1.00 e. The van der Waals surface area contributed by atoms with Crippen molar-refractivity contribution in [2.75, 3.05) is 6.61 Å². The fourth-order valence-corrected chi connectivity index (χ4v) is 3.40. The first-order chi connectivity index (χ1) is 12.1. The smallest absolute Gasteiger partial charge is 0.744 e. The number of phenolic OH excluding ortho intramolecular Hbond substituents is 1. The molecule has 1 heterocycles. The third-order valence-corrected chi connectivity index (χ3v) is 4.99. The molecule has 0 aromatic heterocycles. The number of phenols is 3. The third-order valence-electron chi connectivity index (χ3n) is 4.13. The molecule has 1 unspecified atom stereocenters. The van der Waals surface area contributed by atoms with Crippen LogP contribution >= 0.6 is 0 Å². The second-order valence-corrected chi connectivity index (χ2v) is 7.01. The number of hydrogen-bond acceptors (Lipinski definition) is 9. The molecule has 0 fully saturated rings. The summed E-state index contributed by atoms with van der Waals surface area (Å²) in [5.74, 6) is -3.64. The molecule has 27 heavy (non-hydrogen) atoms. The number of fused-ring (bicyclic) bond motifs is 1. The fourth-order valence-electron chi connectivity index (χ4n) is 2.80. The second kappa shape index (κ2) is 7.66. The van der Waals surface area contributed by atoms with Gasteiger partial charge in [0.15, 0.2) is 5.78 Å². The first-order valence-corrected chi connectivity index (χ1v) is 8.70. The number of rotatable bonds is 3. The van der Waals surface area contributed by atoms with Crippen molar-refractivity contribution >= 4 is 15.9 Å². The molecule has 0 saturated heterocycles. The van der Waals surface area contributed by atoms with Gasteiger partial charge in [-0.05, 0) is 17.7 Å². The van der Waals surface area contributed by atoms with E-state index in [0.717, 1.165) is 18.2 Å². The first-order valence-electron chi connectivity index (χ1n) is 7.29. The molecular formula is C16H13NaO9S. The van der Waals surface area contributed by atoms with Gasteiger partial charge in [-0.2, -0.15) is 0 Å². The Morgan fingerprint density at radius 3 is 2.41 bits per heavy atom. The summed E-state index contributed by atoms with van der Waals surface area (Å²) in [4.78, 5) is 11.9. The van der Waals surface area contributed by atoms with Crippen LogP contribution in [0.2, 0.25) is 0 Å². The van der Waals surface area contributed by atoms with Crippen molar-refractivity contribution in [3.63, 3.8) is 0 Å². The van der Waals surface area contributed by atoms with Crippen molar-refractivity contribution in [3.8, 4) is 23.0 Å². The van der Waals surface area contributed by atoms with E-state index in [9.17, 15) is 38.2 Å². The van der Waals surface area contributed by atoms with Crippen molar-refractivity contribution < 1.29 is 72.5 Å². The second-order valence-electron chi connectivity index (χ2n) is 5.66. The van der Waals surface area contributed by atoms with Crippen LogP contribution in [0.1, 0.15) is 27.4 Å². The molecule has 3 rings (SSSR count). The van der Waals surface area contributed by atoms with E-state index < -0.39 is 50.6 Å². The topological polar surface area (TPSA) is 164 Å². The summed E-state index contributed by atoms with van der Waals surface area (Å²) in [7, 11) is -4.96. The number of aliphatic hydroxyl groups is 1. The molecule has 0 radical (unpaired) electrons. The number of benzene rings is 2. The Hall–Kier alpha value is -1.82. The maximum Gasteiger partial charge on any atom is 1.00 e. The standard InChI is InChI=1S/C16H14O9S.Na/c17-5-8-11(19)4-12-14(15(8)20)16(21)9(6-25-12)7-1-2-10(18)13(3-7)26(22,23)24;/h1-4,9,17-20H,5-6H2,(H,22,23,24);/q;+1/p-1. The van der Waals surface area contributed by atoms with Crippen LogP contribution in [0.25, 0.3) is 0 Å². The molecule has 1 aliphatic rings. The molecule has 2 aromatic rings. The zero-order valence-electron chi connectivity index (χ0n) is 14.0. The molecular weight excluding hydrogens is 391 g/mol. The molecule has 4 N–H and O–H groups in total. The first kappa shape index (κ1) is 21.5. The van der Waals surface area contributed by atoms with E-state index in [2.05, 4.69) is 0 Å². The van der Waals surface area contributed by atoms with Crippen LogP contribution in [-0.2, 0) is 16.7 Å². The van der Waals surface area contributed by atoms with Gasteiger partial charge in [-0.15, -0.1) is 0 Å². The predicted molar refractivity (Wildman–Crippen MR) is 84.3 cm³/mol. The number of carbonyl (C=O) groups is 1. The van der Waals surface area contributed by atoms with Crippen LogP contribution in [0.4, 0.5) is 0 Å². The molecule has 0 bridgehead atoms. The molecule has 0 spiro atoms. The van der Waals surface area contributed by atoms with Gasteiger partial charge in [0.05, 0.1) is 23.0 Å². The summed E-state index contributed by atoms with van der Waals surface area (Å²) in [5.41, 5.74) is -0.441. The normalized spacial score (nSPS) is 16.2. The van der Waals surface area contributed by atoms with Crippen LogP contribution in [0.5, 0.6) is 23.0 Å². The minimum Gasteiger partial charge on any atom is -0.744 e. The quantitative estimate of drug-likeness (QED) is 0.321. The summed E-state index contributed by atoms with van der Waals surface area (Å²) in [5, 5.41) is 38.7. The maximum atomic E-state index is 12.8. The van der Waals surface area contributed by atoms with Crippen molar-refractivity contribution in [1.29, 1.82) is 0 Å². The van der Waals surface area contributed by atoms with Crippen molar-refractivity contribution in [2.45, 2.75) is 17.4 Å². The number of ether oxygens (including phenoxy) is 1. The SMILES string of the molecule is O=C1c2c(cc(O)c(CO)c2O)OCC1c1ccc(O)c(S(=O)(=O)[O-])c1.[Na+]. The van der Waals surface area contributed by atoms with Crippen LogP contribution < -0.4 is 34.3 Å². The molecule has 1 atom stereocenters. The number of hydrogen-bond donors (Lipinski definition) is 4. The molecule has 2 aromatic carbocycles. The Bertz CT molecular complexity index is 1020. The summed E-state index contributed by atoms with van der Waals surface area (Å²) >= 11 is 0. The molecule has 1 aliphatic heterocycles. The van der Waals surface area contributed by atoms with Gasteiger partial charge in [-0.3, -0.25) is 4.79 Å². The number of Topliss-reactive ketones (excluding diaryl/α,β-unsaturated/α-hetero) is 1. The van der Waals surface area contributed by atoms with Crippen LogP contribution in [0.15, 0.2) is 29.2 Å². The van der Waals surface area contributed by atoms with Gasteiger partial charge in [0.2, 0.25) is 0 Å². The van der Waals surface area contributed by atoms with Crippen LogP contribution in [0, 0.1) is 0 Å². The molecule has 0 saturated carbocycles. The van der Waals surface area contributed by atoms with E-state index in [0.29, 0.717) is 0 Å². The van der Waals surface area contributed by atoms with Gasteiger partial charge in [-0.1, -0.05) is 6.07 Å². The zero-order valence-corrected chi connectivity index (χ0v) is 16.9. The fraction of sp³-hybridized carbons (Fsp3) is 0.188. The van der Waals surface area contributed by atoms with Gasteiger partial charge in [0.1, 0.15) is 45.3 Å². The van der Waals surface area contributed by atoms with Gasteiger partial charge >= 0.3 is 29.6 Å². The van der Waals surface area contributed by atoms with Crippen LogP contribution in [0.3, 0.4) is 0 Å². The Morgan fingerprint density at radius 2 is 1.81 bits per heavy atom. The summed E-state index contributed by atoms with van der Waals surface area (Å²) in [6.45, 7) is -0.965. The van der Waals surface area contributed by atoms with Crippen LogP contribution in [-0.4, -0.2) is 45.8 Å². The molecule has 11 heteroatoms. The van der Waals surface area contributed by atoms with Gasteiger partial charge in [0.25, 0.3) is 0 Å². The summed E-state index contributed by atoms with van der Waals surface area (Å²) in [6.07, 6.45) is 0. The molecule has 9 nitrogen and oxygen atoms in total. The average molecular weight is 404 g/mol. The van der Waals surface area contributed by atoms with E-state index in [1.165, 1.54) is 6.07 Å². The Morgan fingerprint density at radius 1 is 1.15 bits per heavy atom. The number of carbonyl (C=O) groups excluding carboxylic acids is 1. The molecule has 0 aliphatic carbocycles. The van der Waals surface area contributed by atoms with Gasteiger partial charge < -0.3 is 29.7 Å². The van der Waals surface area contributed by atoms with E-state index >= 15 is 0 Å². The predicted octanol–water partition coefficient (Wildman–Crippen LogP) is -2.44. The monoisotopic (exact) mass is 404 g/mol. The van der Waals surface area contributed by atoms with Gasteiger partial charge in [0, 0.05) is 6.07 Å². The maximum absolute atomic E-state index is 12.8. The summed E-state index contributed by atoms with van der Waals surface area (Å²) < 4.78 is 39.0. The molecule has 0 amide bonds. The minimum atomic E-state index is -4.96. The number of aromatic hydroxyl groups is 3. The minimum absolute atomic E-state index is 0. The zero-order chi connectivity index (χ0) is 19.2.